The highest BCUT2D eigenvalue weighted by Crippen LogP contribution is 2.23. The fourth-order valence-corrected chi connectivity index (χ4v) is 2.86. The lowest BCUT2D eigenvalue weighted by Crippen LogP contribution is -2.37. The number of nitrogens with zero attached hydrogens (tertiary/aromatic N) is 2. The molecule has 1 aliphatic heterocycles. The van der Waals surface area contributed by atoms with Gasteiger partial charge in [0.05, 0.1) is 5.71 Å². The molecule has 1 heterocycles. The number of hydrogen-bond donors (Lipinski definition) is 0. The zero-order valence-electron chi connectivity index (χ0n) is 14.7. The van der Waals surface area contributed by atoms with Crippen molar-refractivity contribution >= 4 is 11.8 Å². The Bertz CT molecular complexity index is 538. The minimum Gasteiger partial charge on any atom is -0.445 e. The van der Waals surface area contributed by atoms with Crippen LogP contribution in [0.1, 0.15) is 46.1 Å². The standard InChI is InChI=1S/C19H28N2O2/c1-5-21-13-11-16(12-14-21)23-18(22)20-17(19(2,3)4)15-9-7-6-8-10-15/h6-10,16H,5,11-14H2,1-4H3. The van der Waals surface area contributed by atoms with E-state index in [9.17, 15) is 4.79 Å². The van der Waals surface area contributed by atoms with Gasteiger partial charge in [-0.3, -0.25) is 0 Å². The molecule has 1 saturated heterocycles. The van der Waals surface area contributed by atoms with Crippen LogP contribution in [-0.2, 0) is 4.74 Å². The summed E-state index contributed by atoms with van der Waals surface area (Å²) in [5.41, 5.74) is 1.53. The van der Waals surface area contributed by atoms with Crippen LogP contribution in [0.15, 0.2) is 35.3 Å². The van der Waals surface area contributed by atoms with Crippen LogP contribution in [-0.4, -0.2) is 42.4 Å². The van der Waals surface area contributed by atoms with Crippen molar-refractivity contribution in [3.63, 3.8) is 0 Å². The van der Waals surface area contributed by atoms with E-state index in [1.165, 1.54) is 0 Å². The number of amides is 1. The smallest absolute Gasteiger partial charge is 0.434 e. The van der Waals surface area contributed by atoms with Crippen molar-refractivity contribution in [2.45, 2.75) is 46.6 Å². The van der Waals surface area contributed by atoms with Crippen LogP contribution in [0, 0.1) is 5.41 Å². The van der Waals surface area contributed by atoms with E-state index in [0.717, 1.165) is 43.8 Å². The van der Waals surface area contributed by atoms with Crippen molar-refractivity contribution < 1.29 is 9.53 Å². The highest BCUT2D eigenvalue weighted by Gasteiger charge is 2.25. The first-order valence-electron chi connectivity index (χ1n) is 8.47. The van der Waals surface area contributed by atoms with Gasteiger partial charge in [-0.1, -0.05) is 58.0 Å². The Hall–Kier alpha value is -1.68. The summed E-state index contributed by atoms with van der Waals surface area (Å²) in [6.45, 7) is 11.4. The summed E-state index contributed by atoms with van der Waals surface area (Å²) >= 11 is 0. The minimum absolute atomic E-state index is 0.00829. The van der Waals surface area contributed by atoms with Gasteiger partial charge in [-0.05, 0) is 24.9 Å². The summed E-state index contributed by atoms with van der Waals surface area (Å²) in [5.74, 6) is 0. The zero-order valence-corrected chi connectivity index (χ0v) is 14.7. The fraction of sp³-hybridized carbons (Fsp3) is 0.579. The normalized spacial score (nSPS) is 18.0. The summed E-state index contributed by atoms with van der Waals surface area (Å²) in [6, 6.07) is 9.85. The van der Waals surface area contributed by atoms with E-state index in [-0.39, 0.29) is 11.5 Å². The van der Waals surface area contributed by atoms with Crippen molar-refractivity contribution in [2.24, 2.45) is 10.4 Å². The van der Waals surface area contributed by atoms with Crippen LogP contribution in [0.3, 0.4) is 0 Å². The average Bonchev–Trinajstić information content (AvgIpc) is 2.53. The topological polar surface area (TPSA) is 41.9 Å². The van der Waals surface area contributed by atoms with Gasteiger partial charge >= 0.3 is 6.09 Å². The van der Waals surface area contributed by atoms with Gasteiger partial charge in [0.2, 0.25) is 0 Å². The monoisotopic (exact) mass is 316 g/mol. The molecule has 4 heteroatoms. The first-order chi connectivity index (χ1) is 10.9. The summed E-state index contributed by atoms with van der Waals surface area (Å²) < 4.78 is 5.58. The van der Waals surface area contributed by atoms with Crippen molar-refractivity contribution in [1.29, 1.82) is 0 Å². The second-order valence-electron chi connectivity index (χ2n) is 7.09. The summed E-state index contributed by atoms with van der Waals surface area (Å²) in [5, 5.41) is 0. The molecule has 1 aromatic carbocycles. The summed E-state index contributed by atoms with van der Waals surface area (Å²) in [4.78, 5) is 18.9. The maximum absolute atomic E-state index is 12.3. The van der Waals surface area contributed by atoms with E-state index in [0.29, 0.717) is 0 Å². The maximum Gasteiger partial charge on any atom is 0.434 e. The van der Waals surface area contributed by atoms with Gasteiger partial charge in [-0.25, -0.2) is 4.79 Å². The number of hydrogen-bond acceptors (Lipinski definition) is 3. The third-order valence-corrected chi connectivity index (χ3v) is 4.21. The number of benzene rings is 1. The Morgan fingerprint density at radius 1 is 1.22 bits per heavy atom. The van der Waals surface area contributed by atoms with Crippen LogP contribution in [0.5, 0.6) is 0 Å². The molecule has 4 nitrogen and oxygen atoms in total. The molecule has 1 fully saturated rings. The summed E-state index contributed by atoms with van der Waals surface area (Å²) in [7, 11) is 0. The van der Waals surface area contributed by atoms with Crippen LogP contribution in [0.25, 0.3) is 0 Å². The first-order valence-corrected chi connectivity index (χ1v) is 8.47. The van der Waals surface area contributed by atoms with Crippen LogP contribution in [0.2, 0.25) is 0 Å². The third-order valence-electron chi connectivity index (χ3n) is 4.21. The second kappa shape index (κ2) is 7.73. The SMILES string of the molecule is CCN1CCC(OC(=O)N=C(c2ccccc2)C(C)(C)C)CC1. The number of rotatable bonds is 3. The molecule has 0 aromatic heterocycles. The van der Waals surface area contributed by atoms with Gasteiger partial charge in [-0.2, -0.15) is 4.99 Å². The van der Waals surface area contributed by atoms with E-state index >= 15 is 0 Å². The molecule has 2 rings (SSSR count). The van der Waals surface area contributed by atoms with E-state index in [4.69, 9.17) is 4.74 Å². The number of ether oxygens (including phenoxy) is 1. The number of piperidine rings is 1. The lowest BCUT2D eigenvalue weighted by Gasteiger charge is -2.30. The molecule has 23 heavy (non-hydrogen) atoms. The molecular weight excluding hydrogens is 288 g/mol. The van der Waals surface area contributed by atoms with Crippen molar-refractivity contribution in [3.8, 4) is 0 Å². The van der Waals surface area contributed by atoms with Crippen molar-refractivity contribution in [3.05, 3.63) is 35.9 Å². The van der Waals surface area contributed by atoms with Crippen LogP contribution in [0.4, 0.5) is 4.79 Å². The van der Waals surface area contributed by atoms with Crippen LogP contribution >= 0.6 is 0 Å². The van der Waals surface area contributed by atoms with E-state index in [1.54, 1.807) is 0 Å². The molecule has 0 bridgehead atoms. The Morgan fingerprint density at radius 3 is 2.35 bits per heavy atom. The minimum atomic E-state index is -0.464. The number of likely N-dealkylation sites (tertiary alicyclic amines) is 1. The van der Waals surface area contributed by atoms with Gasteiger partial charge in [0, 0.05) is 18.5 Å². The Kier molecular flexibility index (Phi) is 5.94. The average molecular weight is 316 g/mol. The van der Waals surface area contributed by atoms with Gasteiger partial charge in [0.25, 0.3) is 0 Å². The fourth-order valence-electron chi connectivity index (χ4n) is 2.86. The van der Waals surface area contributed by atoms with Crippen LogP contribution < -0.4 is 0 Å². The zero-order chi connectivity index (χ0) is 16.9. The number of carbonyl (C=O) groups is 1. The molecular formula is C19H28N2O2. The quantitative estimate of drug-likeness (QED) is 0.787. The first kappa shape index (κ1) is 17.7. The predicted molar refractivity (Wildman–Crippen MR) is 94.1 cm³/mol. The molecule has 1 aromatic rings. The molecule has 1 aliphatic rings. The molecule has 0 spiro atoms. The molecule has 0 aliphatic carbocycles. The number of aliphatic imine (C=N–C) groups is 1. The highest BCUT2D eigenvalue weighted by atomic mass is 16.6. The van der Waals surface area contributed by atoms with Gasteiger partial charge in [0.1, 0.15) is 6.10 Å². The van der Waals surface area contributed by atoms with Crippen molar-refractivity contribution in [1.82, 2.24) is 4.90 Å². The van der Waals surface area contributed by atoms with Gasteiger partial charge < -0.3 is 9.64 Å². The Labute approximate surface area is 139 Å². The Morgan fingerprint density at radius 2 is 1.83 bits per heavy atom. The van der Waals surface area contributed by atoms with Crippen molar-refractivity contribution in [2.75, 3.05) is 19.6 Å². The maximum atomic E-state index is 12.3. The Balaban J connectivity index is 2.06. The summed E-state index contributed by atoms with van der Waals surface area (Å²) in [6.07, 6.45) is 1.32. The molecule has 0 atom stereocenters. The second-order valence-corrected chi connectivity index (χ2v) is 7.09. The van der Waals surface area contributed by atoms with E-state index < -0.39 is 6.09 Å². The third kappa shape index (κ3) is 5.17. The molecule has 0 N–H and O–H groups in total. The van der Waals surface area contributed by atoms with E-state index in [1.807, 2.05) is 30.3 Å². The largest absolute Gasteiger partial charge is 0.445 e. The van der Waals surface area contributed by atoms with Gasteiger partial charge in [0.15, 0.2) is 0 Å². The molecule has 126 valence electrons. The molecule has 1 amide bonds. The van der Waals surface area contributed by atoms with Gasteiger partial charge in [-0.15, -0.1) is 0 Å². The van der Waals surface area contributed by atoms with E-state index in [2.05, 4.69) is 37.6 Å². The molecule has 0 saturated carbocycles. The lowest BCUT2D eigenvalue weighted by molar-refractivity contribution is 0.0581. The molecule has 0 radical (unpaired) electrons. The predicted octanol–water partition coefficient (Wildman–Crippen LogP) is 4.14. The lowest BCUT2D eigenvalue weighted by atomic mass is 9.85. The highest BCUT2D eigenvalue weighted by molar-refractivity contribution is 6.08. The molecule has 0 unspecified atom stereocenters. The number of carbonyl (C=O) groups excluding carboxylic acids is 1.